The summed E-state index contributed by atoms with van der Waals surface area (Å²) in [5, 5.41) is 9.38. The zero-order valence-corrected chi connectivity index (χ0v) is 12.3. The predicted molar refractivity (Wildman–Crippen MR) is 75.5 cm³/mol. The average molecular weight is 343 g/mol. The Morgan fingerprint density at radius 2 is 1.80 bits per heavy atom. The molecule has 0 bridgehead atoms. The summed E-state index contributed by atoms with van der Waals surface area (Å²) < 4.78 is 32.8. The van der Waals surface area contributed by atoms with Crippen molar-refractivity contribution in [2.24, 2.45) is 0 Å². The highest BCUT2D eigenvalue weighted by Crippen LogP contribution is 2.24. The van der Waals surface area contributed by atoms with Crippen LogP contribution < -0.4 is 4.74 Å². The Balaban J connectivity index is 2.11. The zero-order chi connectivity index (χ0) is 14.7. The molecule has 2 aromatic rings. The number of hydrogen-bond acceptors (Lipinski definition) is 2. The van der Waals surface area contributed by atoms with Crippen molar-refractivity contribution in [3.8, 4) is 5.75 Å². The number of hydrogen-bond donors (Lipinski definition) is 1. The molecule has 2 rings (SSSR count). The van der Waals surface area contributed by atoms with Crippen LogP contribution >= 0.6 is 15.9 Å². The van der Waals surface area contributed by atoms with Crippen LogP contribution in [0.1, 0.15) is 24.2 Å². The van der Waals surface area contributed by atoms with Crippen LogP contribution in [0.25, 0.3) is 0 Å². The van der Waals surface area contributed by atoms with E-state index in [2.05, 4.69) is 15.9 Å². The molecule has 0 radical (unpaired) electrons. The molecule has 0 aliphatic rings. The minimum atomic E-state index is -0.661. The van der Waals surface area contributed by atoms with Gasteiger partial charge in [-0.05, 0) is 52.7 Å². The first kappa shape index (κ1) is 14.9. The second kappa shape index (κ2) is 6.33. The molecule has 0 heterocycles. The summed E-state index contributed by atoms with van der Waals surface area (Å²) in [4.78, 5) is 0. The van der Waals surface area contributed by atoms with E-state index in [4.69, 9.17) is 4.74 Å². The largest absolute Gasteiger partial charge is 0.489 e. The van der Waals surface area contributed by atoms with Gasteiger partial charge in [-0.1, -0.05) is 12.1 Å². The van der Waals surface area contributed by atoms with Gasteiger partial charge in [-0.2, -0.15) is 0 Å². The summed E-state index contributed by atoms with van der Waals surface area (Å²) in [7, 11) is 0. The first-order valence-electron chi connectivity index (χ1n) is 6.02. The Hall–Kier alpha value is -1.46. The number of halogens is 3. The summed E-state index contributed by atoms with van der Waals surface area (Å²) in [6.45, 7) is 1.45. The molecule has 106 valence electrons. The molecule has 0 fully saturated rings. The Morgan fingerprint density at radius 3 is 2.40 bits per heavy atom. The van der Waals surface area contributed by atoms with Crippen LogP contribution in [0, 0.1) is 11.6 Å². The number of aliphatic hydroxyl groups excluding tert-OH is 1. The van der Waals surface area contributed by atoms with Crippen molar-refractivity contribution in [1.29, 1.82) is 0 Å². The van der Waals surface area contributed by atoms with Crippen LogP contribution in [-0.2, 0) is 6.61 Å². The van der Waals surface area contributed by atoms with Gasteiger partial charge in [0.05, 0.1) is 16.1 Å². The smallest absolute Gasteiger partial charge is 0.146 e. The molecule has 0 saturated carbocycles. The van der Waals surface area contributed by atoms with Gasteiger partial charge in [0.15, 0.2) is 0 Å². The van der Waals surface area contributed by atoms with Gasteiger partial charge < -0.3 is 9.84 Å². The molecule has 5 heteroatoms. The lowest BCUT2D eigenvalue weighted by Gasteiger charge is -2.10. The monoisotopic (exact) mass is 342 g/mol. The van der Waals surface area contributed by atoms with Gasteiger partial charge in [0.2, 0.25) is 0 Å². The minimum Gasteiger partial charge on any atom is -0.489 e. The molecule has 0 spiro atoms. The molecular weight excluding hydrogens is 330 g/mol. The molecule has 1 N–H and O–H groups in total. The predicted octanol–water partition coefficient (Wildman–Crippen LogP) is 4.36. The van der Waals surface area contributed by atoms with Gasteiger partial charge in [-0.3, -0.25) is 0 Å². The normalized spacial score (nSPS) is 12.2. The summed E-state index contributed by atoms with van der Waals surface area (Å²) in [6, 6.07) is 9.20. The Kier molecular flexibility index (Phi) is 4.73. The lowest BCUT2D eigenvalue weighted by Crippen LogP contribution is -2.03. The molecule has 0 aliphatic carbocycles. The van der Waals surface area contributed by atoms with Crippen LogP contribution in [0.2, 0.25) is 0 Å². The van der Waals surface area contributed by atoms with Gasteiger partial charge in [-0.25, -0.2) is 8.78 Å². The van der Waals surface area contributed by atoms with Crippen molar-refractivity contribution in [1.82, 2.24) is 0 Å². The van der Waals surface area contributed by atoms with Crippen molar-refractivity contribution in [2.45, 2.75) is 19.6 Å². The lowest BCUT2D eigenvalue weighted by molar-refractivity contribution is 0.199. The molecule has 0 aliphatic heterocycles. The third-order valence-corrected chi connectivity index (χ3v) is 3.50. The number of aliphatic hydroxyl groups is 1. The first-order chi connectivity index (χ1) is 9.49. The third-order valence-electron chi connectivity index (χ3n) is 2.88. The van der Waals surface area contributed by atoms with Crippen LogP contribution in [0.4, 0.5) is 8.78 Å². The molecule has 0 aromatic heterocycles. The highest BCUT2D eigenvalue weighted by molar-refractivity contribution is 9.10. The average Bonchev–Trinajstić information content (AvgIpc) is 2.43. The summed E-state index contributed by atoms with van der Waals surface area (Å²) in [5.41, 5.74) is 0.621. The van der Waals surface area contributed by atoms with E-state index in [1.54, 1.807) is 31.2 Å². The zero-order valence-electron chi connectivity index (χ0n) is 10.7. The highest BCUT2D eigenvalue weighted by atomic mass is 79.9. The fraction of sp³-hybridized carbons (Fsp3) is 0.200. The topological polar surface area (TPSA) is 29.5 Å². The van der Waals surface area contributed by atoms with E-state index >= 15 is 0 Å². The number of ether oxygens (including phenoxy) is 1. The SMILES string of the molecule is CC(O)c1ccc(OCc2c(F)ccc(Br)c2F)cc1. The summed E-state index contributed by atoms with van der Waals surface area (Å²) >= 11 is 3.01. The number of benzene rings is 2. The van der Waals surface area contributed by atoms with E-state index in [1.165, 1.54) is 12.1 Å². The standard InChI is InChI=1S/C15H13BrF2O2/c1-9(19)10-2-4-11(5-3-10)20-8-12-14(17)7-6-13(16)15(12)18/h2-7,9,19H,8H2,1H3. The summed E-state index contributed by atoms with van der Waals surface area (Å²) in [6.07, 6.45) is -0.566. The van der Waals surface area contributed by atoms with Crippen LogP contribution in [-0.4, -0.2) is 5.11 Å². The van der Waals surface area contributed by atoms with Gasteiger partial charge >= 0.3 is 0 Å². The van der Waals surface area contributed by atoms with E-state index < -0.39 is 17.7 Å². The van der Waals surface area contributed by atoms with Crippen molar-refractivity contribution < 1.29 is 18.6 Å². The third kappa shape index (κ3) is 3.35. The summed E-state index contributed by atoms with van der Waals surface area (Å²) in [5.74, 6) is -0.829. The van der Waals surface area contributed by atoms with E-state index in [9.17, 15) is 13.9 Å². The van der Waals surface area contributed by atoms with E-state index in [0.717, 1.165) is 5.56 Å². The highest BCUT2D eigenvalue weighted by Gasteiger charge is 2.13. The van der Waals surface area contributed by atoms with Crippen LogP contribution in [0.3, 0.4) is 0 Å². The number of rotatable bonds is 4. The Morgan fingerprint density at radius 1 is 1.15 bits per heavy atom. The molecular formula is C15H13BrF2O2. The maximum Gasteiger partial charge on any atom is 0.146 e. The van der Waals surface area contributed by atoms with Crippen molar-refractivity contribution in [3.05, 3.63) is 63.6 Å². The molecule has 1 unspecified atom stereocenters. The van der Waals surface area contributed by atoms with E-state index in [-0.39, 0.29) is 16.6 Å². The van der Waals surface area contributed by atoms with Crippen molar-refractivity contribution >= 4 is 15.9 Å². The molecule has 20 heavy (non-hydrogen) atoms. The molecule has 0 amide bonds. The van der Waals surface area contributed by atoms with Gasteiger partial charge in [0.25, 0.3) is 0 Å². The molecule has 0 saturated heterocycles. The van der Waals surface area contributed by atoms with E-state index in [0.29, 0.717) is 5.75 Å². The molecule has 2 nitrogen and oxygen atoms in total. The first-order valence-corrected chi connectivity index (χ1v) is 6.81. The van der Waals surface area contributed by atoms with E-state index in [1.807, 2.05) is 0 Å². The van der Waals surface area contributed by atoms with Crippen molar-refractivity contribution in [3.63, 3.8) is 0 Å². The quantitative estimate of drug-likeness (QED) is 0.836. The fourth-order valence-corrected chi connectivity index (χ4v) is 2.07. The minimum absolute atomic E-state index is 0.126. The van der Waals surface area contributed by atoms with Crippen LogP contribution in [0.5, 0.6) is 5.75 Å². The maximum atomic E-state index is 13.7. The van der Waals surface area contributed by atoms with Crippen LogP contribution in [0.15, 0.2) is 40.9 Å². The Labute approximate surface area is 124 Å². The van der Waals surface area contributed by atoms with Gasteiger partial charge in [0, 0.05) is 0 Å². The van der Waals surface area contributed by atoms with Crippen molar-refractivity contribution in [2.75, 3.05) is 0 Å². The molecule has 2 aromatic carbocycles. The van der Waals surface area contributed by atoms with Gasteiger partial charge in [0.1, 0.15) is 24.0 Å². The molecule has 1 atom stereocenters. The van der Waals surface area contributed by atoms with Gasteiger partial charge in [-0.15, -0.1) is 0 Å². The fourth-order valence-electron chi connectivity index (χ4n) is 1.70. The second-order valence-electron chi connectivity index (χ2n) is 4.36. The second-order valence-corrected chi connectivity index (χ2v) is 5.21. The lowest BCUT2D eigenvalue weighted by atomic mass is 10.1. The Bertz CT molecular complexity index is 598. The maximum absolute atomic E-state index is 13.7.